The molecule has 0 radical (unpaired) electrons. The SMILES string of the molecule is CC1CN(CC(=O)N2CCc3ccc(S(C)(=O)=O)cc32)CCN1C(=O)OC(C)(C)C. The van der Waals surface area contributed by atoms with Crippen molar-refractivity contribution in [3.8, 4) is 0 Å². The van der Waals surface area contributed by atoms with Gasteiger partial charge in [-0.05, 0) is 51.8 Å². The Labute approximate surface area is 178 Å². The molecule has 0 N–H and O–H groups in total. The van der Waals surface area contributed by atoms with Crippen molar-refractivity contribution in [1.29, 1.82) is 0 Å². The standard InChI is InChI=1S/C21H31N3O5S/c1-15-13-22(10-11-23(15)20(26)29-21(2,3)4)14-19(25)24-9-8-16-6-7-17(12-18(16)24)30(5,27)28/h6-7,12,15H,8-11,13-14H2,1-5H3. The molecule has 9 heteroatoms. The molecule has 166 valence electrons. The molecular formula is C21H31N3O5S. The lowest BCUT2D eigenvalue weighted by Crippen LogP contribution is -2.56. The molecule has 2 amide bonds. The third-order valence-electron chi connectivity index (χ3n) is 5.38. The number of anilines is 1. The first kappa shape index (κ1) is 22.6. The first-order valence-electron chi connectivity index (χ1n) is 10.2. The quantitative estimate of drug-likeness (QED) is 0.718. The number of fused-ring (bicyclic) bond motifs is 1. The zero-order valence-corrected chi connectivity index (χ0v) is 19.2. The smallest absolute Gasteiger partial charge is 0.410 e. The third kappa shape index (κ3) is 5.13. The lowest BCUT2D eigenvalue weighted by atomic mass is 10.1. The number of hydrogen-bond acceptors (Lipinski definition) is 6. The van der Waals surface area contributed by atoms with Gasteiger partial charge < -0.3 is 14.5 Å². The highest BCUT2D eigenvalue weighted by Gasteiger charge is 2.33. The van der Waals surface area contributed by atoms with Gasteiger partial charge in [-0.25, -0.2) is 13.2 Å². The molecule has 1 aromatic rings. The van der Waals surface area contributed by atoms with E-state index in [1.165, 1.54) is 6.26 Å². The molecule has 30 heavy (non-hydrogen) atoms. The molecule has 1 saturated heterocycles. The van der Waals surface area contributed by atoms with Gasteiger partial charge in [0.2, 0.25) is 5.91 Å². The molecule has 0 bridgehead atoms. The molecule has 1 unspecified atom stereocenters. The van der Waals surface area contributed by atoms with Crippen LogP contribution in [0.15, 0.2) is 23.1 Å². The fourth-order valence-electron chi connectivity index (χ4n) is 3.89. The third-order valence-corrected chi connectivity index (χ3v) is 6.49. The molecule has 2 aliphatic heterocycles. The van der Waals surface area contributed by atoms with Crippen molar-refractivity contribution < 1.29 is 22.7 Å². The summed E-state index contributed by atoms with van der Waals surface area (Å²) >= 11 is 0. The predicted molar refractivity (Wildman–Crippen MR) is 114 cm³/mol. The van der Waals surface area contributed by atoms with Gasteiger partial charge in [0, 0.05) is 44.2 Å². The lowest BCUT2D eigenvalue weighted by molar-refractivity contribution is -0.120. The average Bonchev–Trinajstić information content (AvgIpc) is 3.02. The van der Waals surface area contributed by atoms with E-state index in [2.05, 4.69) is 0 Å². The summed E-state index contributed by atoms with van der Waals surface area (Å²) in [6.07, 6.45) is 1.55. The van der Waals surface area contributed by atoms with Gasteiger partial charge in [-0.3, -0.25) is 9.69 Å². The Morgan fingerprint density at radius 3 is 2.47 bits per heavy atom. The fourth-order valence-corrected chi connectivity index (χ4v) is 4.53. The second-order valence-electron chi connectivity index (χ2n) is 9.12. The fraction of sp³-hybridized carbons (Fsp3) is 0.619. The number of sulfone groups is 1. The summed E-state index contributed by atoms with van der Waals surface area (Å²) in [5, 5.41) is 0. The van der Waals surface area contributed by atoms with Crippen LogP contribution in [0.4, 0.5) is 10.5 Å². The second kappa shape index (κ2) is 8.19. The van der Waals surface area contributed by atoms with E-state index in [0.717, 1.165) is 5.56 Å². The number of amides is 2. The minimum absolute atomic E-state index is 0.0580. The predicted octanol–water partition coefficient (Wildman–Crippen LogP) is 1.92. The van der Waals surface area contributed by atoms with E-state index in [1.54, 1.807) is 28.0 Å². The Bertz CT molecular complexity index is 938. The summed E-state index contributed by atoms with van der Waals surface area (Å²) in [5.74, 6) is -0.0580. The van der Waals surface area contributed by atoms with E-state index in [4.69, 9.17) is 4.74 Å². The summed E-state index contributed by atoms with van der Waals surface area (Å²) in [7, 11) is -3.33. The molecule has 2 heterocycles. The van der Waals surface area contributed by atoms with Crippen molar-refractivity contribution in [2.45, 2.75) is 50.7 Å². The molecule has 8 nitrogen and oxygen atoms in total. The Morgan fingerprint density at radius 2 is 1.87 bits per heavy atom. The summed E-state index contributed by atoms with van der Waals surface area (Å²) < 4.78 is 29.2. The Morgan fingerprint density at radius 1 is 1.17 bits per heavy atom. The van der Waals surface area contributed by atoms with Crippen LogP contribution in [0.25, 0.3) is 0 Å². The van der Waals surface area contributed by atoms with E-state index in [1.807, 2.05) is 32.6 Å². The van der Waals surface area contributed by atoms with Gasteiger partial charge in [0.05, 0.1) is 11.4 Å². The number of nitrogens with zero attached hydrogens (tertiary/aromatic N) is 3. The number of carbonyl (C=O) groups excluding carboxylic acids is 2. The summed E-state index contributed by atoms with van der Waals surface area (Å²) in [5.41, 5.74) is 1.12. The molecule has 1 fully saturated rings. The highest BCUT2D eigenvalue weighted by Crippen LogP contribution is 2.31. The molecule has 0 aromatic heterocycles. The maximum atomic E-state index is 13.0. The van der Waals surface area contributed by atoms with Crippen molar-refractivity contribution in [1.82, 2.24) is 9.80 Å². The molecule has 1 aromatic carbocycles. The van der Waals surface area contributed by atoms with Crippen LogP contribution in [0.1, 0.15) is 33.3 Å². The van der Waals surface area contributed by atoms with E-state index < -0.39 is 15.4 Å². The van der Waals surface area contributed by atoms with Crippen LogP contribution in [0, 0.1) is 0 Å². The number of ether oxygens (including phenoxy) is 1. The summed E-state index contributed by atoms with van der Waals surface area (Å²) in [4.78, 5) is 31.0. The number of benzene rings is 1. The van der Waals surface area contributed by atoms with Gasteiger partial charge in [0.25, 0.3) is 0 Å². The molecule has 0 aliphatic carbocycles. The normalized spacial score (nSPS) is 20.2. The van der Waals surface area contributed by atoms with E-state index >= 15 is 0 Å². The zero-order valence-electron chi connectivity index (χ0n) is 18.3. The number of hydrogen-bond donors (Lipinski definition) is 0. The minimum atomic E-state index is -3.33. The van der Waals surface area contributed by atoms with Crippen molar-refractivity contribution in [3.63, 3.8) is 0 Å². The molecular weight excluding hydrogens is 406 g/mol. The Balaban J connectivity index is 1.63. The second-order valence-corrected chi connectivity index (χ2v) is 11.1. The van der Waals surface area contributed by atoms with Crippen molar-refractivity contribution in [3.05, 3.63) is 23.8 Å². The minimum Gasteiger partial charge on any atom is -0.444 e. The van der Waals surface area contributed by atoms with Gasteiger partial charge in [-0.2, -0.15) is 0 Å². The van der Waals surface area contributed by atoms with E-state index in [-0.39, 0.29) is 29.5 Å². The lowest BCUT2D eigenvalue weighted by Gasteiger charge is -2.40. The Hall–Kier alpha value is -2.13. The molecule has 2 aliphatic rings. The van der Waals surface area contributed by atoms with E-state index in [9.17, 15) is 18.0 Å². The first-order valence-corrected chi connectivity index (χ1v) is 12.1. The highest BCUT2D eigenvalue weighted by atomic mass is 32.2. The van der Waals surface area contributed by atoms with Crippen LogP contribution in [0.5, 0.6) is 0 Å². The van der Waals surface area contributed by atoms with Gasteiger partial charge in [0.15, 0.2) is 9.84 Å². The van der Waals surface area contributed by atoms with Crippen LogP contribution in [-0.4, -0.2) is 80.8 Å². The van der Waals surface area contributed by atoms with Crippen LogP contribution in [0.3, 0.4) is 0 Å². The first-order chi connectivity index (χ1) is 13.8. The van der Waals surface area contributed by atoms with Crippen molar-refractivity contribution in [2.75, 3.05) is 43.9 Å². The van der Waals surface area contributed by atoms with Gasteiger partial charge >= 0.3 is 6.09 Å². The van der Waals surface area contributed by atoms with Crippen LogP contribution >= 0.6 is 0 Å². The van der Waals surface area contributed by atoms with Crippen LogP contribution in [-0.2, 0) is 25.8 Å². The number of carbonyl (C=O) groups is 2. The average molecular weight is 438 g/mol. The monoisotopic (exact) mass is 437 g/mol. The molecule has 1 atom stereocenters. The van der Waals surface area contributed by atoms with Crippen LogP contribution in [0.2, 0.25) is 0 Å². The highest BCUT2D eigenvalue weighted by molar-refractivity contribution is 7.90. The maximum absolute atomic E-state index is 13.0. The molecule has 0 saturated carbocycles. The van der Waals surface area contributed by atoms with Crippen LogP contribution < -0.4 is 4.90 Å². The number of piperazine rings is 1. The zero-order chi connectivity index (χ0) is 22.3. The molecule has 0 spiro atoms. The topological polar surface area (TPSA) is 87.2 Å². The maximum Gasteiger partial charge on any atom is 0.410 e. The van der Waals surface area contributed by atoms with Gasteiger partial charge in [-0.1, -0.05) is 6.07 Å². The Kier molecular flexibility index (Phi) is 6.15. The van der Waals surface area contributed by atoms with E-state index in [0.29, 0.717) is 38.3 Å². The largest absolute Gasteiger partial charge is 0.444 e. The van der Waals surface area contributed by atoms with Gasteiger partial charge in [-0.15, -0.1) is 0 Å². The van der Waals surface area contributed by atoms with Gasteiger partial charge in [0.1, 0.15) is 5.60 Å². The summed E-state index contributed by atoms with van der Waals surface area (Å²) in [6, 6.07) is 4.92. The van der Waals surface area contributed by atoms with Crippen molar-refractivity contribution in [2.24, 2.45) is 0 Å². The number of rotatable bonds is 3. The molecule has 3 rings (SSSR count). The summed E-state index contributed by atoms with van der Waals surface area (Å²) in [6.45, 7) is 9.91. The van der Waals surface area contributed by atoms with Crippen molar-refractivity contribution >= 4 is 27.5 Å².